The highest BCUT2D eigenvalue weighted by Crippen LogP contribution is 2.58. The molecule has 13 nitrogen and oxygen atoms in total. The van der Waals surface area contributed by atoms with Gasteiger partial charge in [0.15, 0.2) is 24.5 Å². The minimum Gasteiger partial charge on any atom is -0.497 e. The van der Waals surface area contributed by atoms with E-state index in [1.807, 2.05) is 0 Å². The van der Waals surface area contributed by atoms with Crippen LogP contribution in [0.5, 0.6) is 5.75 Å². The highest BCUT2D eigenvalue weighted by atomic mass is 31.2. The molecule has 7 atom stereocenters. The molecular weight excluding hydrogens is 741 g/mol. The Hall–Kier alpha value is -3.77. The first-order valence-corrected chi connectivity index (χ1v) is 20.6. The van der Waals surface area contributed by atoms with Gasteiger partial charge in [0.2, 0.25) is 0 Å². The van der Waals surface area contributed by atoms with Gasteiger partial charge in [-0.3, -0.25) is 29.1 Å². The van der Waals surface area contributed by atoms with E-state index in [-0.39, 0.29) is 6.61 Å². The third-order valence-corrected chi connectivity index (χ3v) is 11.5. The lowest BCUT2D eigenvalue weighted by atomic mass is 9.92. The first-order valence-electron chi connectivity index (χ1n) is 18.9. The van der Waals surface area contributed by atoms with E-state index in [1.54, 1.807) is 145 Å². The SMILES string of the molecule is CCOP(=O)(c1ccccc1)[C@H](N[C@@H]1O[C@H](COC(=O)C(C)(C)C)[C@H](OC(=O)C(C)(C)C)[C@H](OC(=O)C(C)(C)C)[C@H]1OC(=O)C(C)(C)C)c1ccc(OC)cc1. The molecule has 14 heteroatoms. The summed E-state index contributed by atoms with van der Waals surface area (Å²) in [5, 5.41) is 3.72. The maximum atomic E-state index is 15.4. The maximum Gasteiger partial charge on any atom is 0.311 e. The molecule has 1 aliphatic rings. The second-order valence-electron chi connectivity index (χ2n) is 18.0. The molecule has 1 aliphatic heterocycles. The van der Waals surface area contributed by atoms with Crippen LogP contribution in [0.1, 0.15) is 101 Å². The van der Waals surface area contributed by atoms with E-state index < -0.39 is 95.9 Å². The number of benzene rings is 2. The largest absolute Gasteiger partial charge is 0.497 e. The van der Waals surface area contributed by atoms with E-state index in [4.69, 9.17) is 32.9 Å². The van der Waals surface area contributed by atoms with Crippen molar-refractivity contribution in [2.24, 2.45) is 21.7 Å². The number of hydrogen-bond donors (Lipinski definition) is 1. The van der Waals surface area contributed by atoms with Gasteiger partial charge in [0.25, 0.3) is 7.37 Å². The lowest BCUT2D eigenvalue weighted by molar-refractivity contribution is -0.265. The van der Waals surface area contributed by atoms with E-state index in [2.05, 4.69) is 5.32 Å². The lowest BCUT2D eigenvalue weighted by Crippen LogP contribution is -2.67. The zero-order valence-corrected chi connectivity index (χ0v) is 36.3. The van der Waals surface area contributed by atoms with E-state index in [1.165, 1.54) is 7.11 Å². The summed E-state index contributed by atoms with van der Waals surface area (Å²) in [4.78, 5) is 54.4. The summed E-state index contributed by atoms with van der Waals surface area (Å²) in [5.74, 6) is -3.26. The molecule has 3 rings (SSSR count). The normalized spacial score (nSPS) is 22.2. The van der Waals surface area contributed by atoms with Crippen molar-refractivity contribution in [3.63, 3.8) is 0 Å². The number of hydrogen-bond acceptors (Lipinski definition) is 13. The van der Waals surface area contributed by atoms with Crippen LogP contribution in [0.2, 0.25) is 0 Å². The second kappa shape index (κ2) is 18.2. The number of esters is 4. The van der Waals surface area contributed by atoms with Crippen molar-refractivity contribution in [3.05, 3.63) is 60.2 Å². The zero-order chi connectivity index (χ0) is 42.4. The average molecular weight is 804 g/mol. The standard InChI is InChI=1S/C42H62NO12P/c1-15-51-56(48,28-19-17-16-18-20-28)34(26-21-23-27(49-14)24-22-26)43-33-32(55-38(47)42(11,12)13)31(54-37(46)41(8,9)10)30(53-36(45)40(5,6)7)29(52-33)25-50-35(44)39(2,3)4/h16-24,29-34,43H,15,25H2,1-14H3/t29-,30+,31+,32-,33-,34+,56?/m1/s1. The number of rotatable bonds is 13. The summed E-state index contributed by atoms with van der Waals surface area (Å²) in [6.45, 7) is 21.3. The monoisotopic (exact) mass is 803 g/mol. The average Bonchev–Trinajstić information content (AvgIpc) is 3.10. The fourth-order valence-corrected chi connectivity index (χ4v) is 7.80. The van der Waals surface area contributed by atoms with Gasteiger partial charge >= 0.3 is 23.9 Å². The molecule has 312 valence electrons. The van der Waals surface area contributed by atoms with Crippen molar-refractivity contribution in [1.82, 2.24) is 5.32 Å². The molecule has 2 aromatic rings. The van der Waals surface area contributed by atoms with Gasteiger partial charge in [-0.15, -0.1) is 0 Å². The Morgan fingerprint density at radius 3 is 1.59 bits per heavy atom. The molecular formula is C42H62NO12P. The molecule has 56 heavy (non-hydrogen) atoms. The van der Waals surface area contributed by atoms with Gasteiger partial charge in [-0.1, -0.05) is 30.3 Å². The zero-order valence-electron chi connectivity index (χ0n) is 35.4. The van der Waals surface area contributed by atoms with Gasteiger partial charge in [0, 0.05) is 5.30 Å². The molecule has 0 saturated carbocycles. The van der Waals surface area contributed by atoms with E-state index in [0.29, 0.717) is 16.6 Å². The van der Waals surface area contributed by atoms with Crippen molar-refractivity contribution in [2.45, 2.75) is 126 Å². The molecule has 2 aromatic carbocycles. The van der Waals surface area contributed by atoms with Crippen molar-refractivity contribution < 1.29 is 56.7 Å². The quantitative estimate of drug-likeness (QED) is 0.124. The number of nitrogens with one attached hydrogen (secondary N) is 1. The Kier molecular flexibility index (Phi) is 15.2. The number of carbonyl (C=O) groups is 4. The Bertz CT molecular complexity index is 1700. The van der Waals surface area contributed by atoms with Crippen LogP contribution in [-0.4, -0.2) is 74.8 Å². The van der Waals surface area contributed by atoms with E-state index in [9.17, 15) is 19.2 Å². The minimum atomic E-state index is -3.94. The van der Waals surface area contributed by atoms with E-state index >= 15 is 4.57 Å². The minimum absolute atomic E-state index is 0.0660. The van der Waals surface area contributed by atoms with Crippen molar-refractivity contribution in [3.8, 4) is 5.75 Å². The predicted molar refractivity (Wildman–Crippen MR) is 211 cm³/mol. The van der Waals surface area contributed by atoms with Gasteiger partial charge in [0.1, 0.15) is 24.2 Å². The number of carbonyl (C=O) groups excluding carboxylic acids is 4. The summed E-state index contributed by atoms with van der Waals surface area (Å²) in [6, 6.07) is 15.5. The van der Waals surface area contributed by atoms with Crippen LogP contribution in [-0.2, 0) is 52.0 Å². The molecule has 0 radical (unpaired) electrons. The van der Waals surface area contributed by atoms with Crippen LogP contribution >= 0.6 is 7.37 Å². The van der Waals surface area contributed by atoms with Gasteiger partial charge in [0.05, 0.1) is 35.4 Å². The fraction of sp³-hybridized carbons (Fsp3) is 0.619. The summed E-state index contributed by atoms with van der Waals surface area (Å²) in [5.41, 5.74) is -3.56. The van der Waals surface area contributed by atoms with Crippen molar-refractivity contribution >= 4 is 36.6 Å². The Morgan fingerprint density at radius 1 is 0.679 bits per heavy atom. The van der Waals surface area contributed by atoms with Crippen LogP contribution in [0.25, 0.3) is 0 Å². The predicted octanol–water partition coefficient (Wildman–Crippen LogP) is 7.11. The Labute approximate surface area is 332 Å². The lowest BCUT2D eigenvalue weighted by Gasteiger charge is -2.47. The van der Waals surface area contributed by atoms with Crippen LogP contribution < -0.4 is 15.4 Å². The van der Waals surface area contributed by atoms with Gasteiger partial charge in [-0.05, 0) is 120 Å². The third kappa shape index (κ3) is 11.9. The molecule has 0 aromatic heterocycles. The van der Waals surface area contributed by atoms with Gasteiger partial charge < -0.3 is 32.9 Å². The smallest absolute Gasteiger partial charge is 0.311 e. The molecule has 1 saturated heterocycles. The summed E-state index contributed by atoms with van der Waals surface area (Å²) in [7, 11) is -2.42. The fourth-order valence-electron chi connectivity index (χ4n) is 5.32. The molecule has 1 fully saturated rings. The van der Waals surface area contributed by atoms with Crippen LogP contribution in [0.3, 0.4) is 0 Å². The Balaban J connectivity index is 2.37. The van der Waals surface area contributed by atoms with Crippen LogP contribution in [0, 0.1) is 21.7 Å². The van der Waals surface area contributed by atoms with Crippen molar-refractivity contribution in [1.29, 1.82) is 0 Å². The summed E-state index contributed by atoms with van der Waals surface area (Å²) < 4.78 is 58.0. The van der Waals surface area contributed by atoms with Gasteiger partial charge in [-0.25, -0.2) is 0 Å². The first kappa shape index (κ1) is 46.6. The van der Waals surface area contributed by atoms with Crippen LogP contribution in [0.4, 0.5) is 0 Å². The summed E-state index contributed by atoms with van der Waals surface area (Å²) in [6.07, 6.45) is -7.17. The van der Waals surface area contributed by atoms with E-state index in [0.717, 1.165) is 0 Å². The molecule has 1 N–H and O–H groups in total. The molecule has 0 bridgehead atoms. The second-order valence-corrected chi connectivity index (χ2v) is 20.5. The molecule has 1 unspecified atom stereocenters. The number of ether oxygens (including phenoxy) is 6. The Morgan fingerprint density at radius 2 is 1.14 bits per heavy atom. The highest BCUT2D eigenvalue weighted by molar-refractivity contribution is 7.67. The molecule has 0 spiro atoms. The molecule has 0 aliphatic carbocycles. The maximum absolute atomic E-state index is 15.4. The summed E-state index contributed by atoms with van der Waals surface area (Å²) >= 11 is 0. The molecule has 0 amide bonds. The first-order chi connectivity index (χ1) is 25.7. The number of methoxy groups -OCH3 is 1. The third-order valence-electron chi connectivity index (χ3n) is 8.72. The molecule has 1 heterocycles. The van der Waals surface area contributed by atoms with Crippen LogP contribution in [0.15, 0.2) is 54.6 Å². The van der Waals surface area contributed by atoms with Gasteiger partial charge in [-0.2, -0.15) is 0 Å². The topological polar surface area (TPSA) is 162 Å². The highest BCUT2D eigenvalue weighted by Gasteiger charge is 2.56. The van der Waals surface area contributed by atoms with Crippen molar-refractivity contribution in [2.75, 3.05) is 20.3 Å².